The van der Waals surface area contributed by atoms with Crippen LogP contribution in [0.25, 0.3) is 0 Å². The summed E-state index contributed by atoms with van der Waals surface area (Å²) >= 11 is -1.13. The molecule has 0 radical (unpaired) electrons. The maximum Gasteiger partial charge on any atom is 0.271 e. The number of aliphatic hydroxyl groups is 1. The number of nitrogens with zero attached hydrogens (tertiary/aromatic N) is 2. The lowest BCUT2D eigenvalue weighted by Gasteiger charge is -2.30. The smallest absolute Gasteiger partial charge is 0.271 e. The van der Waals surface area contributed by atoms with Gasteiger partial charge in [-0.05, 0) is 80.6 Å². The summed E-state index contributed by atoms with van der Waals surface area (Å²) < 4.78 is 11.9. The quantitative estimate of drug-likeness (QED) is 0.454. The Labute approximate surface area is 198 Å². The van der Waals surface area contributed by atoms with Gasteiger partial charge in [-0.3, -0.25) is 4.79 Å². The van der Waals surface area contributed by atoms with Crippen LogP contribution in [-0.2, 0) is 17.6 Å². The molecule has 1 aromatic heterocycles. The normalized spacial score (nSPS) is 25.7. The third kappa shape index (κ3) is 5.59. The van der Waals surface area contributed by atoms with E-state index in [1.807, 2.05) is 13.0 Å². The van der Waals surface area contributed by atoms with Gasteiger partial charge in [-0.2, -0.15) is 0 Å². The van der Waals surface area contributed by atoms with Gasteiger partial charge in [-0.25, -0.2) is 9.97 Å². The number of carbonyl (C=O) groups is 1. The molecular formula is C24H33N5O3S. The first-order chi connectivity index (χ1) is 15.8. The Morgan fingerprint density at radius 3 is 2.76 bits per heavy atom. The second-order valence-electron chi connectivity index (χ2n) is 9.33. The highest BCUT2D eigenvalue weighted by Crippen LogP contribution is 2.42. The minimum atomic E-state index is -1.13. The van der Waals surface area contributed by atoms with Crippen LogP contribution in [0.2, 0.25) is 0 Å². The van der Waals surface area contributed by atoms with Gasteiger partial charge >= 0.3 is 0 Å². The molecule has 4 unspecified atom stereocenters. The van der Waals surface area contributed by atoms with Crippen molar-refractivity contribution < 1.29 is 14.5 Å². The minimum Gasteiger partial charge on any atom is -0.612 e. The lowest BCUT2D eigenvalue weighted by molar-refractivity contribution is 0.0272. The van der Waals surface area contributed by atoms with Crippen LogP contribution in [0, 0.1) is 5.92 Å². The minimum absolute atomic E-state index is 0.0745. The SMILES string of the molecule is CCc1nc(C(N)=O)c(Nc2cccc([S+](C)[O-])c2)nc1NC1CCC2CCC(O)(CC1)C2. The predicted molar refractivity (Wildman–Crippen MR) is 130 cm³/mol. The second-order valence-corrected chi connectivity index (χ2v) is 10.7. The summed E-state index contributed by atoms with van der Waals surface area (Å²) in [7, 11) is 0. The molecule has 178 valence electrons. The topological polar surface area (TPSA) is 136 Å². The molecule has 1 heterocycles. The predicted octanol–water partition coefficient (Wildman–Crippen LogP) is 3.50. The highest BCUT2D eigenvalue weighted by molar-refractivity contribution is 7.90. The standard InChI is InChI=1S/C24H33N5O3S/c1-3-19-22(26-16-8-7-15-9-11-24(31,14-15)12-10-16)29-23(20(28-19)21(25)30)27-17-5-4-6-18(13-17)33(2)32/h4-6,13,15-16,31H,3,7-12,14H2,1-2H3,(H2,25,30)(H2,26,27,29). The Balaban J connectivity index is 1.61. The van der Waals surface area contributed by atoms with Crippen molar-refractivity contribution in [2.75, 3.05) is 16.9 Å². The Morgan fingerprint density at radius 1 is 1.24 bits per heavy atom. The number of amides is 1. The molecule has 33 heavy (non-hydrogen) atoms. The summed E-state index contributed by atoms with van der Waals surface area (Å²) in [4.78, 5) is 22.1. The van der Waals surface area contributed by atoms with Gasteiger partial charge < -0.3 is 26.0 Å². The number of primary amides is 1. The fraction of sp³-hybridized carbons (Fsp3) is 0.542. The zero-order valence-electron chi connectivity index (χ0n) is 19.3. The van der Waals surface area contributed by atoms with Crippen LogP contribution in [0.1, 0.15) is 68.1 Å². The maximum atomic E-state index is 12.1. The Bertz CT molecular complexity index is 1020. The summed E-state index contributed by atoms with van der Waals surface area (Å²) in [6, 6.07) is 7.33. The molecule has 0 saturated heterocycles. The molecule has 2 fully saturated rings. The number of nitrogens with two attached hydrogens (primary N) is 1. The van der Waals surface area contributed by atoms with Crippen LogP contribution in [0.15, 0.2) is 29.2 Å². The zero-order chi connectivity index (χ0) is 23.6. The summed E-state index contributed by atoms with van der Waals surface area (Å²) in [5.74, 6) is 0.823. The first kappa shape index (κ1) is 23.8. The van der Waals surface area contributed by atoms with E-state index < -0.39 is 22.7 Å². The van der Waals surface area contributed by atoms with E-state index in [2.05, 4.69) is 15.6 Å². The highest BCUT2D eigenvalue weighted by Gasteiger charge is 2.39. The average molecular weight is 472 g/mol. The highest BCUT2D eigenvalue weighted by atomic mass is 32.2. The zero-order valence-corrected chi connectivity index (χ0v) is 20.1. The number of aromatic nitrogens is 2. The first-order valence-electron chi connectivity index (χ1n) is 11.7. The van der Waals surface area contributed by atoms with Crippen molar-refractivity contribution in [1.82, 2.24) is 9.97 Å². The molecule has 8 nitrogen and oxygen atoms in total. The van der Waals surface area contributed by atoms with Gasteiger partial charge in [0.15, 0.2) is 16.4 Å². The fourth-order valence-electron chi connectivity index (χ4n) is 5.03. The van der Waals surface area contributed by atoms with Gasteiger partial charge in [0.25, 0.3) is 5.91 Å². The number of rotatable bonds is 7. The molecule has 2 aromatic rings. The molecule has 2 bridgehead atoms. The van der Waals surface area contributed by atoms with E-state index in [1.165, 1.54) is 0 Å². The van der Waals surface area contributed by atoms with Crippen molar-refractivity contribution in [2.45, 2.75) is 74.8 Å². The van der Waals surface area contributed by atoms with Gasteiger partial charge in [0.2, 0.25) is 0 Å². The van der Waals surface area contributed by atoms with E-state index in [1.54, 1.807) is 24.5 Å². The van der Waals surface area contributed by atoms with Gasteiger partial charge in [0.1, 0.15) is 12.1 Å². The van der Waals surface area contributed by atoms with E-state index in [0.29, 0.717) is 34.4 Å². The number of nitrogens with one attached hydrogen (secondary N) is 2. The maximum absolute atomic E-state index is 12.1. The van der Waals surface area contributed by atoms with E-state index >= 15 is 0 Å². The van der Waals surface area contributed by atoms with Crippen LogP contribution < -0.4 is 16.4 Å². The Kier molecular flexibility index (Phi) is 7.11. The molecule has 5 N–H and O–H groups in total. The van der Waals surface area contributed by atoms with Crippen molar-refractivity contribution >= 4 is 34.4 Å². The van der Waals surface area contributed by atoms with Crippen LogP contribution >= 0.6 is 0 Å². The van der Waals surface area contributed by atoms with Crippen molar-refractivity contribution in [3.8, 4) is 0 Å². The Hall–Kier alpha value is -2.36. The van der Waals surface area contributed by atoms with Crippen molar-refractivity contribution in [3.63, 3.8) is 0 Å². The molecule has 0 aliphatic heterocycles. The van der Waals surface area contributed by atoms with E-state index in [-0.39, 0.29) is 17.6 Å². The number of aryl methyl sites for hydroxylation is 1. The van der Waals surface area contributed by atoms with Gasteiger partial charge in [0, 0.05) is 17.8 Å². The second kappa shape index (κ2) is 9.87. The van der Waals surface area contributed by atoms with Crippen molar-refractivity contribution in [2.24, 2.45) is 11.7 Å². The molecule has 4 atom stereocenters. The largest absolute Gasteiger partial charge is 0.612 e. The van der Waals surface area contributed by atoms with Crippen LogP contribution in [-0.4, -0.2) is 43.4 Å². The average Bonchev–Trinajstić information content (AvgIpc) is 3.18. The fourth-order valence-corrected chi connectivity index (χ4v) is 5.59. The third-order valence-corrected chi connectivity index (χ3v) is 7.79. The molecule has 2 aliphatic rings. The van der Waals surface area contributed by atoms with Gasteiger partial charge in [-0.15, -0.1) is 0 Å². The summed E-state index contributed by atoms with van der Waals surface area (Å²) in [5, 5.41) is 17.5. The Morgan fingerprint density at radius 2 is 2.03 bits per heavy atom. The summed E-state index contributed by atoms with van der Waals surface area (Å²) in [5.41, 5.74) is 6.49. The molecular weight excluding hydrogens is 438 g/mol. The summed E-state index contributed by atoms with van der Waals surface area (Å²) in [6.07, 6.45) is 8.86. The van der Waals surface area contributed by atoms with Crippen LogP contribution in [0.4, 0.5) is 17.3 Å². The molecule has 0 spiro atoms. The number of benzene rings is 1. The van der Waals surface area contributed by atoms with Crippen molar-refractivity contribution in [3.05, 3.63) is 35.7 Å². The van der Waals surface area contributed by atoms with Crippen LogP contribution in [0.3, 0.4) is 0 Å². The molecule has 1 aromatic carbocycles. The molecule has 2 aliphatic carbocycles. The van der Waals surface area contributed by atoms with Gasteiger partial charge in [-0.1, -0.05) is 13.0 Å². The molecule has 2 saturated carbocycles. The van der Waals surface area contributed by atoms with Crippen LogP contribution in [0.5, 0.6) is 0 Å². The molecule has 1 amide bonds. The van der Waals surface area contributed by atoms with Gasteiger partial charge in [0.05, 0.1) is 11.3 Å². The lowest BCUT2D eigenvalue weighted by atomic mass is 9.86. The first-order valence-corrected chi connectivity index (χ1v) is 13.2. The third-order valence-electron chi connectivity index (χ3n) is 6.87. The van der Waals surface area contributed by atoms with E-state index in [9.17, 15) is 14.5 Å². The van der Waals surface area contributed by atoms with Crippen molar-refractivity contribution in [1.29, 1.82) is 0 Å². The number of hydrogen-bond acceptors (Lipinski definition) is 7. The number of carbonyl (C=O) groups excluding carboxylic acids is 1. The molecule has 4 rings (SSSR count). The lowest BCUT2D eigenvalue weighted by Crippen LogP contribution is -2.32. The number of hydrogen-bond donors (Lipinski definition) is 4. The number of fused-ring (bicyclic) bond motifs is 2. The number of anilines is 3. The monoisotopic (exact) mass is 471 g/mol. The molecule has 9 heteroatoms. The van der Waals surface area contributed by atoms with E-state index in [0.717, 1.165) is 44.9 Å². The van der Waals surface area contributed by atoms with E-state index in [4.69, 9.17) is 10.7 Å². The summed E-state index contributed by atoms with van der Waals surface area (Å²) in [6.45, 7) is 1.97.